The molecule has 3 rings (SSSR count). The molecule has 2 N–H and O–H groups in total. The highest BCUT2D eigenvalue weighted by atomic mass is 16.6. The number of aryl methyl sites for hydroxylation is 1. The molecule has 1 aromatic heterocycles. The number of rotatable bonds is 5. The summed E-state index contributed by atoms with van der Waals surface area (Å²) in [7, 11) is 0. The second kappa shape index (κ2) is 10.7. The van der Waals surface area contributed by atoms with Crippen LogP contribution in [0, 0.1) is 0 Å². The maximum Gasteiger partial charge on any atom is 0.410 e. The van der Waals surface area contributed by atoms with E-state index in [1.807, 2.05) is 58.0 Å². The number of carbonyl (C=O) groups excluding carboxylic acids is 2. The van der Waals surface area contributed by atoms with E-state index in [0.717, 1.165) is 36.6 Å². The molecule has 1 aliphatic rings. The molecule has 0 saturated carbocycles. The SMILES string of the molecule is CCn1nc(C(C)(C)C)cc1NC(=O)Nc1ccc(CN2CCN(C(=O)OC(C)(C)C)CC2)cc1. The Hall–Kier alpha value is -3.07. The van der Waals surface area contributed by atoms with Gasteiger partial charge < -0.3 is 15.0 Å². The molecular weight excluding hydrogens is 444 g/mol. The van der Waals surface area contributed by atoms with Crippen LogP contribution in [0.1, 0.15) is 59.7 Å². The average Bonchev–Trinajstić information content (AvgIpc) is 3.17. The number of carbonyl (C=O) groups is 2. The van der Waals surface area contributed by atoms with E-state index in [1.54, 1.807) is 9.58 Å². The van der Waals surface area contributed by atoms with E-state index in [9.17, 15) is 9.59 Å². The van der Waals surface area contributed by atoms with Crippen molar-refractivity contribution >= 4 is 23.6 Å². The maximum absolute atomic E-state index is 12.6. The zero-order valence-electron chi connectivity index (χ0n) is 22.1. The molecule has 35 heavy (non-hydrogen) atoms. The summed E-state index contributed by atoms with van der Waals surface area (Å²) in [5.41, 5.74) is 2.24. The van der Waals surface area contributed by atoms with Crippen LogP contribution in [0.5, 0.6) is 0 Å². The van der Waals surface area contributed by atoms with Crippen LogP contribution in [0.15, 0.2) is 30.3 Å². The summed E-state index contributed by atoms with van der Waals surface area (Å²) in [6.45, 7) is 18.3. The van der Waals surface area contributed by atoms with Gasteiger partial charge in [-0.3, -0.25) is 10.2 Å². The first kappa shape index (κ1) is 26.5. The molecule has 3 amide bonds. The molecule has 9 heteroatoms. The molecule has 0 radical (unpaired) electrons. The number of anilines is 2. The summed E-state index contributed by atoms with van der Waals surface area (Å²) < 4.78 is 7.26. The van der Waals surface area contributed by atoms with E-state index >= 15 is 0 Å². The quantitative estimate of drug-likeness (QED) is 0.630. The molecule has 0 unspecified atom stereocenters. The third kappa shape index (κ3) is 7.71. The van der Waals surface area contributed by atoms with Gasteiger partial charge in [0.25, 0.3) is 0 Å². The third-order valence-electron chi connectivity index (χ3n) is 5.73. The van der Waals surface area contributed by atoms with Gasteiger partial charge in [-0.05, 0) is 45.4 Å². The molecule has 1 aliphatic heterocycles. The van der Waals surface area contributed by atoms with Crippen molar-refractivity contribution in [1.82, 2.24) is 19.6 Å². The Morgan fingerprint density at radius 1 is 0.971 bits per heavy atom. The van der Waals surface area contributed by atoms with Crippen molar-refractivity contribution in [2.45, 2.75) is 72.6 Å². The number of aromatic nitrogens is 2. The Balaban J connectivity index is 1.49. The lowest BCUT2D eigenvalue weighted by Crippen LogP contribution is -2.49. The van der Waals surface area contributed by atoms with Gasteiger partial charge in [0, 0.05) is 56.4 Å². The van der Waals surface area contributed by atoms with Gasteiger partial charge in [-0.15, -0.1) is 0 Å². The van der Waals surface area contributed by atoms with Crippen molar-refractivity contribution in [2.75, 3.05) is 36.8 Å². The summed E-state index contributed by atoms with van der Waals surface area (Å²) in [6.07, 6.45) is -0.248. The number of nitrogens with zero attached hydrogens (tertiary/aromatic N) is 4. The number of urea groups is 1. The van der Waals surface area contributed by atoms with E-state index in [1.165, 1.54) is 0 Å². The van der Waals surface area contributed by atoms with Crippen LogP contribution < -0.4 is 10.6 Å². The molecule has 1 aromatic carbocycles. The number of ether oxygens (including phenoxy) is 1. The Bertz CT molecular complexity index is 1010. The minimum atomic E-state index is -0.479. The van der Waals surface area contributed by atoms with Crippen molar-refractivity contribution in [3.63, 3.8) is 0 Å². The fourth-order valence-electron chi connectivity index (χ4n) is 3.77. The van der Waals surface area contributed by atoms with Crippen molar-refractivity contribution in [1.29, 1.82) is 0 Å². The standard InChI is InChI=1S/C26H40N6O3/c1-8-32-22(17-21(29-32)25(2,3)4)28-23(33)27-20-11-9-19(10-12-20)18-30-13-15-31(16-14-30)24(34)35-26(5,6)7/h9-12,17H,8,13-16,18H2,1-7H3,(H2,27,28,33). The summed E-state index contributed by atoms with van der Waals surface area (Å²) in [6, 6.07) is 9.47. The zero-order chi connectivity index (χ0) is 25.8. The number of hydrogen-bond donors (Lipinski definition) is 2. The lowest BCUT2D eigenvalue weighted by molar-refractivity contribution is 0.0139. The van der Waals surface area contributed by atoms with Gasteiger partial charge >= 0.3 is 12.1 Å². The highest BCUT2D eigenvalue weighted by Gasteiger charge is 2.26. The summed E-state index contributed by atoms with van der Waals surface area (Å²) >= 11 is 0. The fraction of sp³-hybridized carbons (Fsp3) is 0.577. The van der Waals surface area contributed by atoms with Gasteiger partial charge in [-0.25, -0.2) is 14.3 Å². The number of piperazine rings is 1. The van der Waals surface area contributed by atoms with E-state index in [4.69, 9.17) is 4.74 Å². The second-order valence-electron chi connectivity index (χ2n) is 11.0. The number of amides is 3. The zero-order valence-corrected chi connectivity index (χ0v) is 22.1. The Labute approximate surface area is 208 Å². The Morgan fingerprint density at radius 3 is 2.14 bits per heavy atom. The highest BCUT2D eigenvalue weighted by Crippen LogP contribution is 2.24. The molecule has 1 fully saturated rings. The number of benzene rings is 1. The van der Waals surface area contributed by atoms with Gasteiger partial charge in [0.15, 0.2) is 0 Å². The van der Waals surface area contributed by atoms with Crippen molar-refractivity contribution in [3.05, 3.63) is 41.6 Å². The molecule has 2 aromatic rings. The first-order valence-electron chi connectivity index (χ1n) is 12.3. The van der Waals surface area contributed by atoms with Gasteiger partial charge in [0.2, 0.25) is 0 Å². The van der Waals surface area contributed by atoms with Gasteiger partial charge in [0.1, 0.15) is 11.4 Å². The second-order valence-corrected chi connectivity index (χ2v) is 11.0. The normalized spacial score (nSPS) is 15.1. The largest absolute Gasteiger partial charge is 0.444 e. The number of nitrogens with one attached hydrogen (secondary N) is 2. The van der Waals surface area contributed by atoms with Crippen LogP contribution >= 0.6 is 0 Å². The molecule has 0 atom stereocenters. The van der Waals surface area contributed by atoms with Crippen molar-refractivity contribution in [2.24, 2.45) is 0 Å². The predicted octanol–water partition coefficient (Wildman–Crippen LogP) is 4.90. The molecule has 2 heterocycles. The summed E-state index contributed by atoms with van der Waals surface area (Å²) in [5.74, 6) is 0.678. The monoisotopic (exact) mass is 484 g/mol. The van der Waals surface area contributed by atoms with Gasteiger partial charge in [0.05, 0.1) is 5.69 Å². The van der Waals surface area contributed by atoms with Gasteiger partial charge in [-0.1, -0.05) is 32.9 Å². The van der Waals surface area contributed by atoms with E-state index < -0.39 is 5.60 Å². The molecule has 9 nitrogen and oxygen atoms in total. The molecule has 0 aliphatic carbocycles. The van der Waals surface area contributed by atoms with Crippen LogP contribution in [-0.2, 0) is 23.2 Å². The minimum Gasteiger partial charge on any atom is -0.444 e. The van der Waals surface area contributed by atoms with Crippen LogP contribution in [0.2, 0.25) is 0 Å². The average molecular weight is 485 g/mol. The first-order chi connectivity index (χ1) is 16.3. The maximum atomic E-state index is 12.6. The predicted molar refractivity (Wildman–Crippen MR) is 139 cm³/mol. The molecule has 0 spiro atoms. The van der Waals surface area contributed by atoms with Crippen LogP contribution in [0.4, 0.5) is 21.1 Å². The van der Waals surface area contributed by atoms with E-state index in [2.05, 4.69) is 41.4 Å². The van der Waals surface area contributed by atoms with Crippen LogP contribution in [-0.4, -0.2) is 63.5 Å². The van der Waals surface area contributed by atoms with Crippen molar-refractivity contribution in [3.8, 4) is 0 Å². The van der Waals surface area contributed by atoms with E-state index in [0.29, 0.717) is 25.5 Å². The third-order valence-corrected chi connectivity index (χ3v) is 5.73. The topological polar surface area (TPSA) is 91.7 Å². The first-order valence-corrected chi connectivity index (χ1v) is 12.3. The van der Waals surface area contributed by atoms with E-state index in [-0.39, 0.29) is 17.5 Å². The minimum absolute atomic E-state index is 0.0917. The van der Waals surface area contributed by atoms with Crippen LogP contribution in [0.25, 0.3) is 0 Å². The fourth-order valence-corrected chi connectivity index (χ4v) is 3.77. The highest BCUT2D eigenvalue weighted by molar-refractivity contribution is 5.99. The van der Waals surface area contributed by atoms with Gasteiger partial charge in [-0.2, -0.15) is 5.10 Å². The summed E-state index contributed by atoms with van der Waals surface area (Å²) in [4.78, 5) is 28.9. The molecule has 1 saturated heterocycles. The Morgan fingerprint density at radius 2 is 1.60 bits per heavy atom. The smallest absolute Gasteiger partial charge is 0.410 e. The Kier molecular flexibility index (Phi) is 8.10. The number of hydrogen-bond acceptors (Lipinski definition) is 5. The summed E-state index contributed by atoms with van der Waals surface area (Å²) in [5, 5.41) is 10.4. The van der Waals surface area contributed by atoms with Crippen LogP contribution in [0.3, 0.4) is 0 Å². The van der Waals surface area contributed by atoms with Crippen molar-refractivity contribution < 1.29 is 14.3 Å². The molecular formula is C26H40N6O3. The lowest BCUT2D eigenvalue weighted by Gasteiger charge is -2.35. The molecule has 192 valence electrons. The molecule has 0 bridgehead atoms. The lowest BCUT2D eigenvalue weighted by atomic mass is 9.92.